The minimum atomic E-state index is -5.46. The summed E-state index contributed by atoms with van der Waals surface area (Å²) in [7, 11) is -8.25. The number of rotatable bonds is 7. The molecule has 0 aromatic heterocycles. The lowest BCUT2D eigenvalue weighted by Gasteiger charge is -2.31. The first kappa shape index (κ1) is 27.3. The molecule has 1 aromatic carbocycles. The number of esters is 1. The lowest BCUT2D eigenvalue weighted by molar-refractivity contribution is -0.0449. The van der Waals surface area contributed by atoms with Crippen molar-refractivity contribution in [2.45, 2.75) is 49.6 Å². The summed E-state index contributed by atoms with van der Waals surface area (Å²) in [6, 6.07) is 3.88. The van der Waals surface area contributed by atoms with Crippen molar-refractivity contribution in [3.8, 4) is 5.75 Å². The highest BCUT2D eigenvalue weighted by Crippen LogP contribution is 2.30. The fraction of sp³-hybridized carbons (Fsp3) is 0.632. The summed E-state index contributed by atoms with van der Waals surface area (Å²) in [6.45, 7) is 4.34. The van der Waals surface area contributed by atoms with Crippen LogP contribution < -0.4 is 9.46 Å². The number of nitrogens with zero attached hydrogens (tertiary/aromatic N) is 1. The Labute approximate surface area is 191 Å². The summed E-state index contributed by atoms with van der Waals surface area (Å²) in [5.74, 6) is -1.07. The Morgan fingerprint density at radius 2 is 1.70 bits per heavy atom. The van der Waals surface area contributed by atoms with Crippen LogP contribution in [0.25, 0.3) is 0 Å². The van der Waals surface area contributed by atoms with E-state index in [1.165, 1.54) is 30.0 Å². The number of carbonyl (C=O) groups is 1. The van der Waals surface area contributed by atoms with Gasteiger partial charge in [-0.25, -0.2) is 26.4 Å². The quantitative estimate of drug-likeness (QED) is 0.553. The molecule has 2 rings (SSSR count). The van der Waals surface area contributed by atoms with E-state index in [2.05, 4.69) is 0 Å². The summed E-state index contributed by atoms with van der Waals surface area (Å²) < 4.78 is 99.3. The number of hydrogen-bond donors (Lipinski definition) is 1. The van der Waals surface area contributed by atoms with Crippen molar-refractivity contribution in [1.29, 1.82) is 0 Å². The maximum Gasteiger partial charge on any atom is 0.511 e. The molecule has 1 saturated heterocycles. The van der Waals surface area contributed by atoms with E-state index in [9.17, 15) is 34.8 Å². The van der Waals surface area contributed by atoms with Gasteiger partial charge in [0.15, 0.2) is 0 Å². The van der Waals surface area contributed by atoms with Gasteiger partial charge in [0, 0.05) is 19.6 Å². The zero-order valence-electron chi connectivity index (χ0n) is 18.6. The largest absolute Gasteiger partial charge is 0.511 e. The lowest BCUT2D eigenvalue weighted by Crippen LogP contribution is -2.44. The van der Waals surface area contributed by atoms with Crippen molar-refractivity contribution in [2.24, 2.45) is 5.92 Å². The van der Waals surface area contributed by atoms with E-state index in [1.807, 2.05) is 0 Å². The number of ether oxygens (including phenoxy) is 2. The Morgan fingerprint density at radius 3 is 2.18 bits per heavy atom. The Morgan fingerprint density at radius 1 is 1.12 bits per heavy atom. The van der Waals surface area contributed by atoms with Crippen LogP contribution in [0.1, 0.15) is 44.0 Å². The number of piperidine rings is 1. The number of alkyl halides is 3. The first-order valence-corrected chi connectivity index (χ1v) is 12.9. The molecule has 1 N–H and O–H groups in total. The second-order valence-electron chi connectivity index (χ2n) is 8.51. The van der Waals surface area contributed by atoms with E-state index in [1.54, 1.807) is 20.8 Å². The SMILES string of the molecule is COc1ccc(S(=O)(=O)N2CCC(CNS(=O)(=O)C(F)(F)F)CC2)c(C(=O)OC(C)(C)C)c1. The third kappa shape index (κ3) is 6.80. The van der Waals surface area contributed by atoms with Gasteiger partial charge in [-0.15, -0.1) is 0 Å². The zero-order chi connectivity index (χ0) is 25.2. The van der Waals surface area contributed by atoms with Crippen molar-refractivity contribution in [3.05, 3.63) is 23.8 Å². The zero-order valence-corrected chi connectivity index (χ0v) is 20.2. The third-order valence-electron chi connectivity index (χ3n) is 4.86. The van der Waals surface area contributed by atoms with Gasteiger partial charge in [0.25, 0.3) is 0 Å². The van der Waals surface area contributed by atoms with Crippen LogP contribution in [0, 0.1) is 5.92 Å². The second-order valence-corrected chi connectivity index (χ2v) is 12.2. The van der Waals surface area contributed by atoms with E-state index in [0.717, 1.165) is 4.31 Å². The minimum Gasteiger partial charge on any atom is -0.497 e. The van der Waals surface area contributed by atoms with E-state index in [0.29, 0.717) is 0 Å². The Bertz CT molecular complexity index is 1070. The van der Waals surface area contributed by atoms with Crippen molar-refractivity contribution >= 4 is 26.0 Å². The maximum absolute atomic E-state index is 13.3. The monoisotopic (exact) mass is 516 g/mol. The molecule has 0 unspecified atom stereocenters. The Kier molecular flexibility index (Phi) is 8.09. The van der Waals surface area contributed by atoms with E-state index < -0.39 is 49.6 Å². The smallest absolute Gasteiger partial charge is 0.497 e. The molecular formula is C19H27F3N2O7S2. The number of halogens is 3. The molecule has 1 fully saturated rings. The van der Waals surface area contributed by atoms with Crippen LogP contribution in [-0.4, -0.2) is 65.0 Å². The predicted molar refractivity (Wildman–Crippen MR) is 113 cm³/mol. The first-order valence-electron chi connectivity index (χ1n) is 9.95. The van der Waals surface area contributed by atoms with Crippen molar-refractivity contribution in [2.75, 3.05) is 26.7 Å². The highest BCUT2D eigenvalue weighted by Gasteiger charge is 2.46. The molecule has 33 heavy (non-hydrogen) atoms. The van der Waals surface area contributed by atoms with E-state index in [4.69, 9.17) is 9.47 Å². The number of benzene rings is 1. The van der Waals surface area contributed by atoms with Crippen LogP contribution in [0.15, 0.2) is 23.1 Å². The highest BCUT2D eigenvalue weighted by molar-refractivity contribution is 7.90. The Balaban J connectivity index is 2.19. The summed E-state index contributed by atoms with van der Waals surface area (Å²) in [5.41, 5.74) is -6.49. The fourth-order valence-electron chi connectivity index (χ4n) is 3.16. The molecule has 14 heteroatoms. The van der Waals surface area contributed by atoms with Crippen LogP contribution >= 0.6 is 0 Å². The van der Waals surface area contributed by atoms with E-state index >= 15 is 0 Å². The maximum atomic E-state index is 13.3. The van der Waals surface area contributed by atoms with Gasteiger partial charge in [-0.05, 0) is 57.7 Å². The highest BCUT2D eigenvalue weighted by atomic mass is 32.2. The third-order valence-corrected chi connectivity index (χ3v) is 7.98. The molecule has 0 saturated carbocycles. The molecular weight excluding hydrogens is 489 g/mol. The topological polar surface area (TPSA) is 119 Å². The van der Waals surface area contributed by atoms with Gasteiger partial charge < -0.3 is 9.47 Å². The van der Waals surface area contributed by atoms with Gasteiger partial charge in [-0.2, -0.15) is 17.5 Å². The summed E-state index contributed by atoms with van der Waals surface area (Å²) in [4.78, 5) is 12.4. The molecule has 0 amide bonds. The number of methoxy groups -OCH3 is 1. The molecule has 1 aromatic rings. The molecule has 0 radical (unpaired) electrons. The molecule has 1 heterocycles. The number of nitrogens with one attached hydrogen (secondary N) is 1. The summed E-state index contributed by atoms with van der Waals surface area (Å²) >= 11 is 0. The van der Waals surface area contributed by atoms with Gasteiger partial charge >= 0.3 is 21.5 Å². The molecule has 188 valence electrons. The standard InChI is InChI=1S/C19H27F3N2O7S2/c1-18(2,3)31-17(25)15-11-14(30-4)5-6-16(15)32(26,27)24-9-7-13(8-10-24)12-23-33(28,29)19(20,21)22/h5-6,11,13,23H,7-10,12H2,1-4H3. The molecule has 0 bridgehead atoms. The fourth-order valence-corrected chi connectivity index (χ4v) is 5.40. The van der Waals surface area contributed by atoms with Gasteiger partial charge in [0.1, 0.15) is 11.4 Å². The van der Waals surface area contributed by atoms with Crippen LogP contribution in [0.3, 0.4) is 0 Å². The van der Waals surface area contributed by atoms with Crippen LogP contribution in [0.4, 0.5) is 13.2 Å². The van der Waals surface area contributed by atoms with Crippen molar-refractivity contribution in [1.82, 2.24) is 9.03 Å². The normalized spacial score (nSPS) is 17.1. The van der Waals surface area contributed by atoms with Gasteiger partial charge in [-0.1, -0.05) is 0 Å². The average Bonchev–Trinajstić information content (AvgIpc) is 2.70. The van der Waals surface area contributed by atoms with Crippen LogP contribution in [0.2, 0.25) is 0 Å². The summed E-state index contributed by atoms with van der Waals surface area (Å²) in [5, 5.41) is 0. The van der Waals surface area contributed by atoms with Gasteiger partial charge in [-0.3, -0.25) is 0 Å². The van der Waals surface area contributed by atoms with Crippen LogP contribution in [-0.2, 0) is 24.8 Å². The molecule has 0 atom stereocenters. The van der Waals surface area contributed by atoms with Gasteiger partial charge in [0.2, 0.25) is 10.0 Å². The summed E-state index contributed by atoms with van der Waals surface area (Å²) in [6.07, 6.45) is 0.273. The van der Waals surface area contributed by atoms with Gasteiger partial charge in [0.05, 0.1) is 17.6 Å². The number of sulfonamides is 2. The van der Waals surface area contributed by atoms with Crippen LogP contribution in [0.5, 0.6) is 5.75 Å². The molecule has 0 spiro atoms. The number of hydrogen-bond acceptors (Lipinski definition) is 7. The first-order chi connectivity index (χ1) is 15.0. The van der Waals surface area contributed by atoms with Crippen molar-refractivity contribution in [3.63, 3.8) is 0 Å². The second kappa shape index (κ2) is 9.76. The predicted octanol–water partition coefficient (Wildman–Crippen LogP) is 2.49. The minimum absolute atomic E-state index is 0.0550. The number of carbonyl (C=O) groups excluding carboxylic acids is 1. The molecule has 9 nitrogen and oxygen atoms in total. The van der Waals surface area contributed by atoms with E-state index in [-0.39, 0.29) is 42.1 Å². The molecule has 0 aliphatic carbocycles. The lowest BCUT2D eigenvalue weighted by atomic mass is 9.99. The average molecular weight is 517 g/mol. The Hall–Kier alpha value is -1.90. The molecule has 1 aliphatic heterocycles. The van der Waals surface area contributed by atoms with Crippen molar-refractivity contribution < 1.29 is 44.3 Å². The molecule has 1 aliphatic rings.